The van der Waals surface area contributed by atoms with E-state index in [-0.39, 0.29) is 53.5 Å². The molecule has 0 radical (unpaired) electrons. The highest BCUT2D eigenvalue weighted by Crippen LogP contribution is 2.50. The van der Waals surface area contributed by atoms with E-state index in [2.05, 4.69) is 33.2 Å². The van der Waals surface area contributed by atoms with Crippen molar-refractivity contribution < 1.29 is 57.4 Å². The Kier molecular flexibility index (Phi) is 23.1. The predicted molar refractivity (Wildman–Crippen MR) is 407 cm³/mol. The zero-order valence-electron chi connectivity index (χ0n) is 62.5. The fourth-order valence-corrected chi connectivity index (χ4v) is 13.1. The number of rotatable bonds is 18. The number of benzene rings is 8. The van der Waals surface area contributed by atoms with Crippen LogP contribution in [0.5, 0.6) is 46.0 Å². The smallest absolute Gasteiger partial charge is 0.256 e. The molecule has 8 aromatic rings. The summed E-state index contributed by atoms with van der Waals surface area (Å²) in [5.74, 6) is 5.55. The summed E-state index contributed by atoms with van der Waals surface area (Å²) in [6, 6.07) is 38.5. The third-order valence-corrected chi connectivity index (χ3v) is 19.9. The van der Waals surface area contributed by atoms with Gasteiger partial charge in [-0.1, -0.05) is 81.8 Å². The van der Waals surface area contributed by atoms with Crippen molar-refractivity contribution in [2.75, 3.05) is 68.4 Å². The molecule has 4 fully saturated rings. The summed E-state index contributed by atoms with van der Waals surface area (Å²) >= 11 is 0. The highest BCUT2D eigenvalue weighted by Gasteiger charge is 2.47. The molecule has 0 unspecified atom stereocenters. The van der Waals surface area contributed by atoms with Crippen LogP contribution in [0.2, 0.25) is 0 Å². The van der Waals surface area contributed by atoms with Crippen LogP contribution in [0.3, 0.4) is 0 Å². The van der Waals surface area contributed by atoms with Gasteiger partial charge in [-0.2, -0.15) is 0 Å². The van der Waals surface area contributed by atoms with E-state index < -0.39 is 0 Å². The second-order valence-electron chi connectivity index (χ2n) is 26.4. The second-order valence-corrected chi connectivity index (χ2v) is 26.4. The fourth-order valence-electron chi connectivity index (χ4n) is 13.1. The molecule has 4 aliphatic rings. The molecule has 102 heavy (non-hydrogen) atoms. The Bertz CT molecular complexity index is 4680. The monoisotopic (exact) mass is 1380 g/mol. The Hall–Kier alpha value is -11.0. The first-order chi connectivity index (χ1) is 48.5. The predicted octanol–water partition coefficient (Wildman–Crippen LogP) is 18.0. The average molecular weight is 1380 g/mol. The van der Waals surface area contributed by atoms with Gasteiger partial charge in [0.05, 0.1) is 72.9 Å². The van der Waals surface area contributed by atoms with Crippen molar-refractivity contribution in [1.29, 1.82) is 0 Å². The van der Waals surface area contributed by atoms with Crippen LogP contribution < -0.4 is 52.8 Å². The second kappa shape index (κ2) is 31.3. The maximum absolute atomic E-state index is 12.6. The average Bonchev–Trinajstić information content (AvgIpc) is 0.760. The van der Waals surface area contributed by atoms with Crippen molar-refractivity contribution in [2.45, 2.75) is 128 Å². The molecule has 16 heteroatoms. The number of phenolic OH excluding ortho intramolecular Hbond substituents is 1. The SMILES string of the molecule is C=C1C(=O)N(c2cc(C)c(C)c(OC)c2)[C@H]1c1ccc(C)c(O)c1.C=C1C(=O)N(c2cc(C)c(C)c(OC)c2)[C@H]1c1ccc(C)c(OC)c1.C=C1C(=O)N(c2cc(C)c(C)c(OC)c2)[C@H]1c1ccc(C)c(OCC)c1.C=C1C(=O)N(c2cc(C)c(C)c(OC)c2)[C@H]1c1ccc(C)c(OCCC)c1. The first-order valence-corrected chi connectivity index (χ1v) is 34.1. The van der Waals surface area contributed by atoms with Crippen LogP contribution in [-0.4, -0.2) is 77.5 Å². The van der Waals surface area contributed by atoms with Crippen LogP contribution in [0.15, 0.2) is 170 Å². The molecule has 4 aliphatic heterocycles. The normalized spacial score (nSPS) is 16.6. The molecule has 4 saturated heterocycles. The number of carbonyl (C=O) groups excluding carboxylic acids is 4. The van der Waals surface area contributed by atoms with Crippen molar-refractivity contribution in [3.05, 3.63) is 259 Å². The first-order valence-electron chi connectivity index (χ1n) is 34.1. The number of hydrogen-bond donors (Lipinski definition) is 1. The Balaban J connectivity index is 0.000000158. The molecule has 0 spiro atoms. The Morgan fingerprint density at radius 2 is 0.578 bits per heavy atom. The van der Waals surface area contributed by atoms with Crippen molar-refractivity contribution in [3.8, 4) is 46.0 Å². The van der Waals surface area contributed by atoms with E-state index in [1.807, 2.05) is 205 Å². The zero-order chi connectivity index (χ0) is 74.6. The van der Waals surface area contributed by atoms with Gasteiger partial charge in [-0.05, 0) is 234 Å². The van der Waals surface area contributed by atoms with Crippen LogP contribution >= 0.6 is 0 Å². The van der Waals surface area contributed by atoms with Gasteiger partial charge in [0, 0.05) is 69.3 Å². The number of anilines is 4. The summed E-state index contributed by atoms with van der Waals surface area (Å²) in [4.78, 5) is 57.1. The number of β-lactam (4-membered cyclic amide) rings is 4. The lowest BCUT2D eigenvalue weighted by molar-refractivity contribution is -0.119. The van der Waals surface area contributed by atoms with Gasteiger partial charge in [0.1, 0.15) is 46.0 Å². The number of ether oxygens (including phenoxy) is 7. The number of phenols is 1. The zero-order valence-corrected chi connectivity index (χ0v) is 62.5. The van der Waals surface area contributed by atoms with Crippen molar-refractivity contribution in [3.63, 3.8) is 0 Å². The van der Waals surface area contributed by atoms with Crippen molar-refractivity contribution in [1.82, 2.24) is 0 Å². The lowest BCUT2D eigenvalue weighted by Gasteiger charge is -2.43. The Labute approximate surface area is 601 Å². The molecule has 0 bridgehead atoms. The summed E-state index contributed by atoms with van der Waals surface area (Å²) in [5.41, 5.74) is 22.0. The summed E-state index contributed by atoms with van der Waals surface area (Å²) in [6.07, 6.45) is 0.951. The fraction of sp³-hybridized carbons (Fsp3) is 0.302. The number of aromatic hydroxyl groups is 1. The van der Waals surface area contributed by atoms with Gasteiger partial charge in [-0.25, -0.2) is 0 Å². The van der Waals surface area contributed by atoms with E-state index in [1.165, 1.54) is 0 Å². The Morgan fingerprint density at radius 3 is 0.843 bits per heavy atom. The van der Waals surface area contributed by atoms with E-state index >= 15 is 0 Å². The minimum Gasteiger partial charge on any atom is -0.508 e. The third kappa shape index (κ3) is 14.5. The molecule has 16 nitrogen and oxygen atoms in total. The molecule has 0 aromatic heterocycles. The van der Waals surface area contributed by atoms with E-state index in [9.17, 15) is 24.3 Å². The van der Waals surface area contributed by atoms with Gasteiger partial charge >= 0.3 is 0 Å². The number of hydrogen-bond acceptors (Lipinski definition) is 12. The molecule has 0 saturated carbocycles. The van der Waals surface area contributed by atoms with Crippen LogP contribution in [0.1, 0.15) is 133 Å². The lowest BCUT2D eigenvalue weighted by atomic mass is 9.87. The number of nitrogens with zero attached hydrogens (tertiary/aromatic N) is 4. The summed E-state index contributed by atoms with van der Waals surface area (Å²) in [7, 11) is 8.22. The van der Waals surface area contributed by atoms with Crippen LogP contribution in [-0.2, 0) is 19.2 Å². The largest absolute Gasteiger partial charge is 0.508 e. The van der Waals surface area contributed by atoms with E-state index in [1.54, 1.807) is 61.2 Å². The third-order valence-electron chi connectivity index (χ3n) is 19.9. The van der Waals surface area contributed by atoms with Gasteiger partial charge in [0.15, 0.2) is 0 Å². The number of methoxy groups -OCH3 is 5. The number of amides is 4. The van der Waals surface area contributed by atoms with Crippen LogP contribution in [0.25, 0.3) is 0 Å². The molecule has 8 aromatic carbocycles. The highest BCUT2D eigenvalue weighted by molar-refractivity contribution is 6.17. The van der Waals surface area contributed by atoms with Gasteiger partial charge in [-0.3, -0.25) is 38.8 Å². The molecule has 0 aliphatic carbocycles. The van der Waals surface area contributed by atoms with Gasteiger partial charge in [0.25, 0.3) is 23.6 Å². The molecule has 12 rings (SSSR count). The molecule has 4 atom stereocenters. The summed E-state index contributed by atoms with van der Waals surface area (Å²) < 4.78 is 38.9. The number of aryl methyl sites for hydroxylation is 8. The van der Waals surface area contributed by atoms with Crippen LogP contribution in [0, 0.1) is 83.1 Å². The lowest BCUT2D eigenvalue weighted by Crippen LogP contribution is -2.48. The first kappa shape index (κ1) is 75.2. The maximum Gasteiger partial charge on any atom is 0.256 e. The van der Waals surface area contributed by atoms with E-state index in [0.717, 1.165) is 158 Å². The standard InChI is InChI=1S/C23H27NO3.C22H25NO3.C21H23NO3.C20H21NO3/c1-7-10-27-20-12-18(9-8-14(20)2)22-17(5)23(25)24(22)19-11-15(3)16(4)21(13-19)26-6;1-7-26-19-11-17(9-8-13(19)2)21-16(5)22(24)23(21)18-10-14(3)15(4)20(12-18)25-6;1-12-7-8-16(10-18(12)24-5)20-15(4)21(23)22(20)17-9-13(2)14(3)19(11-17)25-6;1-11-6-7-15(9-17(11)22)19-14(4)20(23)21(19)16-8-12(2)13(3)18(10-16)24-5/h8-9,11-13,22H,5,7,10H2,1-4,6H3;8-12,21H,5,7H2,1-4,6H3;7-11,20H,4H2,1-3,5-6H3;6-10,19,22H,4H2,1-3,5H3/t22-;21-;20-;19-/m1111/s1. The summed E-state index contributed by atoms with van der Waals surface area (Å²) in [6.45, 7) is 45.2. The summed E-state index contributed by atoms with van der Waals surface area (Å²) in [5, 5.41) is 9.99. The quantitative estimate of drug-likeness (QED) is 0.0639. The minimum atomic E-state index is -0.268. The minimum absolute atomic E-state index is 0.0538. The van der Waals surface area contributed by atoms with E-state index in [4.69, 9.17) is 33.2 Å². The van der Waals surface area contributed by atoms with Gasteiger partial charge in [-0.15, -0.1) is 0 Å². The van der Waals surface area contributed by atoms with E-state index in [0.29, 0.717) is 35.5 Å². The molecule has 4 heterocycles. The molecule has 4 amide bonds. The molecule has 532 valence electrons. The van der Waals surface area contributed by atoms with Crippen molar-refractivity contribution in [2.24, 2.45) is 0 Å². The molecular formula is C86H96N4O12. The topological polar surface area (TPSA) is 166 Å². The number of carbonyl (C=O) groups is 4. The highest BCUT2D eigenvalue weighted by atomic mass is 16.5. The molecule has 1 N–H and O–H groups in total. The van der Waals surface area contributed by atoms with Crippen LogP contribution in [0.4, 0.5) is 22.7 Å². The molecular weight excluding hydrogens is 1280 g/mol. The van der Waals surface area contributed by atoms with Gasteiger partial charge < -0.3 is 38.3 Å². The van der Waals surface area contributed by atoms with Crippen molar-refractivity contribution >= 4 is 46.4 Å². The van der Waals surface area contributed by atoms with Gasteiger partial charge in [0.2, 0.25) is 0 Å². The Morgan fingerprint density at radius 1 is 0.324 bits per heavy atom. The maximum atomic E-state index is 12.6.